The maximum atomic E-state index is 6.10. The smallest absolute Gasteiger partial charge is 0.118 e. The van der Waals surface area contributed by atoms with Crippen LogP contribution in [0.4, 0.5) is 0 Å². The van der Waals surface area contributed by atoms with Gasteiger partial charge in [0.25, 0.3) is 0 Å². The third-order valence-corrected chi connectivity index (χ3v) is 4.15. The average Bonchev–Trinajstić information content (AvgIpc) is 2.49. The minimum absolute atomic E-state index is 0.370. The van der Waals surface area contributed by atoms with Gasteiger partial charge >= 0.3 is 0 Å². The van der Waals surface area contributed by atoms with E-state index in [9.17, 15) is 0 Å². The van der Waals surface area contributed by atoms with Crippen LogP contribution in [0.3, 0.4) is 0 Å². The van der Waals surface area contributed by atoms with Crippen LogP contribution in [-0.4, -0.2) is 31.9 Å². The van der Waals surface area contributed by atoms with E-state index < -0.39 is 0 Å². The van der Waals surface area contributed by atoms with E-state index in [1.807, 2.05) is 12.1 Å². The molecule has 2 rings (SSSR count). The van der Waals surface area contributed by atoms with Gasteiger partial charge in [-0.05, 0) is 50.3 Å². The largest absolute Gasteiger partial charge is 0.497 e. The van der Waals surface area contributed by atoms with Crippen molar-refractivity contribution in [3.63, 3.8) is 0 Å². The van der Waals surface area contributed by atoms with Crippen molar-refractivity contribution in [3.05, 3.63) is 29.8 Å². The fourth-order valence-corrected chi connectivity index (χ4v) is 2.87. The summed E-state index contributed by atoms with van der Waals surface area (Å²) in [4.78, 5) is 0. The molecule has 3 atom stereocenters. The maximum absolute atomic E-state index is 6.10. The predicted octanol–water partition coefficient (Wildman–Crippen LogP) is 3.17. The molecule has 1 N–H and O–H groups in total. The molecule has 1 aliphatic heterocycles. The van der Waals surface area contributed by atoms with Crippen LogP contribution in [0.1, 0.15) is 38.7 Å². The number of ether oxygens (including phenoxy) is 2. The molecule has 1 aliphatic rings. The first-order chi connectivity index (χ1) is 9.72. The molecule has 0 aromatic heterocycles. The fourth-order valence-electron chi connectivity index (χ4n) is 2.87. The van der Waals surface area contributed by atoms with Gasteiger partial charge in [-0.2, -0.15) is 0 Å². The fraction of sp³-hybridized carbons (Fsp3) is 0.647. The summed E-state index contributed by atoms with van der Waals surface area (Å²) in [6, 6.07) is 9.37. The van der Waals surface area contributed by atoms with Crippen LogP contribution in [0.15, 0.2) is 24.3 Å². The Kier molecular flexibility index (Phi) is 5.86. The summed E-state index contributed by atoms with van der Waals surface area (Å²) in [6.45, 7) is 5.29. The van der Waals surface area contributed by atoms with Gasteiger partial charge in [0.05, 0.1) is 19.8 Å². The van der Waals surface area contributed by atoms with Gasteiger partial charge in [-0.15, -0.1) is 0 Å². The second-order valence-corrected chi connectivity index (χ2v) is 5.67. The van der Waals surface area contributed by atoms with Crippen molar-refractivity contribution in [2.45, 2.75) is 57.7 Å². The zero-order chi connectivity index (χ0) is 14.4. The van der Waals surface area contributed by atoms with E-state index in [-0.39, 0.29) is 0 Å². The molecule has 1 aromatic carbocycles. The minimum Gasteiger partial charge on any atom is -0.497 e. The van der Waals surface area contributed by atoms with Gasteiger partial charge in [-0.1, -0.05) is 19.1 Å². The minimum atomic E-state index is 0.370. The summed E-state index contributed by atoms with van der Waals surface area (Å²) in [7, 11) is 1.69. The first-order valence-electron chi connectivity index (χ1n) is 7.73. The Morgan fingerprint density at radius 2 is 1.95 bits per heavy atom. The molecule has 20 heavy (non-hydrogen) atoms. The molecule has 3 unspecified atom stereocenters. The number of methoxy groups -OCH3 is 1. The molecule has 0 bridgehead atoms. The van der Waals surface area contributed by atoms with Gasteiger partial charge < -0.3 is 14.8 Å². The van der Waals surface area contributed by atoms with Gasteiger partial charge in [0.1, 0.15) is 5.75 Å². The zero-order valence-corrected chi connectivity index (χ0v) is 12.9. The van der Waals surface area contributed by atoms with Crippen molar-refractivity contribution in [2.75, 3.05) is 13.7 Å². The number of rotatable bonds is 6. The monoisotopic (exact) mass is 277 g/mol. The normalized spacial score (nSPS) is 26.4. The molecule has 0 amide bonds. The third-order valence-electron chi connectivity index (χ3n) is 4.15. The molecule has 0 aliphatic carbocycles. The molecular formula is C17H27NO2. The highest BCUT2D eigenvalue weighted by atomic mass is 16.5. The summed E-state index contributed by atoms with van der Waals surface area (Å²) in [5, 5.41) is 3.64. The Balaban J connectivity index is 1.76. The lowest BCUT2D eigenvalue weighted by Crippen LogP contribution is -2.50. The van der Waals surface area contributed by atoms with Crippen LogP contribution in [-0.2, 0) is 11.2 Å². The summed E-state index contributed by atoms with van der Waals surface area (Å²) in [5.74, 6) is 0.909. The van der Waals surface area contributed by atoms with Crippen molar-refractivity contribution in [1.29, 1.82) is 0 Å². The van der Waals surface area contributed by atoms with Crippen LogP contribution in [0, 0.1) is 0 Å². The number of hydrogen-bond donors (Lipinski definition) is 1. The lowest BCUT2D eigenvalue weighted by Gasteiger charge is -2.35. The van der Waals surface area contributed by atoms with Gasteiger partial charge in [0, 0.05) is 12.1 Å². The van der Waals surface area contributed by atoms with Crippen molar-refractivity contribution in [2.24, 2.45) is 0 Å². The predicted molar refractivity (Wildman–Crippen MR) is 82.3 cm³/mol. The second kappa shape index (κ2) is 7.65. The molecule has 1 heterocycles. The molecule has 112 valence electrons. The summed E-state index contributed by atoms with van der Waals surface area (Å²) in [6.07, 6.45) is 4.86. The molecule has 0 radical (unpaired) electrons. The van der Waals surface area contributed by atoms with E-state index in [0.717, 1.165) is 25.2 Å². The average molecular weight is 277 g/mol. The number of benzene rings is 1. The van der Waals surface area contributed by atoms with Crippen molar-refractivity contribution < 1.29 is 9.47 Å². The standard InChI is InChI=1S/C17H27NO2/c1-4-16-17(10-5-13(2)18-16)20-12-11-14-6-8-15(19-3)9-7-14/h6-9,13,16-18H,4-5,10-12H2,1-3H3. The van der Waals surface area contributed by atoms with E-state index in [1.165, 1.54) is 18.4 Å². The zero-order valence-electron chi connectivity index (χ0n) is 12.9. The molecule has 0 spiro atoms. The third kappa shape index (κ3) is 4.22. The topological polar surface area (TPSA) is 30.5 Å². The van der Waals surface area contributed by atoms with Gasteiger partial charge in [0.15, 0.2) is 0 Å². The van der Waals surface area contributed by atoms with Crippen molar-refractivity contribution in [1.82, 2.24) is 5.32 Å². The van der Waals surface area contributed by atoms with Crippen LogP contribution < -0.4 is 10.1 Å². The van der Waals surface area contributed by atoms with Gasteiger partial charge in [0.2, 0.25) is 0 Å². The van der Waals surface area contributed by atoms with E-state index in [2.05, 4.69) is 31.3 Å². The Bertz CT molecular complexity index is 390. The SMILES string of the molecule is CCC1NC(C)CCC1OCCc1ccc(OC)cc1. The Morgan fingerprint density at radius 1 is 1.20 bits per heavy atom. The molecular weight excluding hydrogens is 250 g/mol. The Labute approximate surface area is 122 Å². The summed E-state index contributed by atoms with van der Waals surface area (Å²) < 4.78 is 11.3. The van der Waals surface area contributed by atoms with Gasteiger partial charge in [-0.25, -0.2) is 0 Å². The quantitative estimate of drug-likeness (QED) is 0.866. The first kappa shape index (κ1) is 15.3. The molecule has 1 fully saturated rings. The first-order valence-corrected chi connectivity index (χ1v) is 7.73. The van der Waals surface area contributed by atoms with Crippen LogP contribution in [0.2, 0.25) is 0 Å². The molecule has 1 saturated heterocycles. The lowest BCUT2D eigenvalue weighted by atomic mass is 9.95. The number of nitrogens with one attached hydrogen (secondary N) is 1. The highest BCUT2D eigenvalue weighted by Gasteiger charge is 2.26. The Hall–Kier alpha value is -1.06. The van der Waals surface area contributed by atoms with Crippen molar-refractivity contribution in [3.8, 4) is 5.75 Å². The van der Waals surface area contributed by atoms with Crippen LogP contribution >= 0.6 is 0 Å². The molecule has 1 aromatic rings. The van der Waals surface area contributed by atoms with Crippen molar-refractivity contribution >= 4 is 0 Å². The van der Waals surface area contributed by atoms with Crippen LogP contribution in [0.5, 0.6) is 5.75 Å². The number of hydrogen-bond acceptors (Lipinski definition) is 3. The summed E-state index contributed by atoms with van der Waals surface area (Å²) >= 11 is 0. The highest BCUT2D eigenvalue weighted by Crippen LogP contribution is 2.19. The van der Waals surface area contributed by atoms with Gasteiger partial charge in [-0.3, -0.25) is 0 Å². The van der Waals surface area contributed by atoms with Crippen LogP contribution in [0.25, 0.3) is 0 Å². The molecule has 3 nitrogen and oxygen atoms in total. The maximum Gasteiger partial charge on any atom is 0.118 e. The second-order valence-electron chi connectivity index (χ2n) is 5.67. The summed E-state index contributed by atoms with van der Waals surface area (Å²) in [5.41, 5.74) is 1.30. The highest BCUT2D eigenvalue weighted by molar-refractivity contribution is 5.27. The Morgan fingerprint density at radius 3 is 2.60 bits per heavy atom. The lowest BCUT2D eigenvalue weighted by molar-refractivity contribution is 0.00112. The van der Waals surface area contributed by atoms with E-state index in [0.29, 0.717) is 18.2 Å². The van der Waals surface area contributed by atoms with E-state index in [4.69, 9.17) is 9.47 Å². The molecule has 0 saturated carbocycles. The van der Waals surface area contributed by atoms with E-state index in [1.54, 1.807) is 7.11 Å². The van der Waals surface area contributed by atoms with E-state index >= 15 is 0 Å². The molecule has 3 heteroatoms. The number of piperidine rings is 1.